The minimum atomic E-state index is -0.120. The van der Waals surface area contributed by atoms with Crippen LogP contribution in [0.15, 0.2) is 42.5 Å². The molecular formula is C20H22O5. The fourth-order valence-corrected chi connectivity index (χ4v) is 2.51. The Kier molecular flexibility index (Phi) is 6.60. The Morgan fingerprint density at radius 2 is 1.72 bits per heavy atom. The van der Waals surface area contributed by atoms with E-state index < -0.39 is 0 Å². The molecular weight excluding hydrogens is 320 g/mol. The third-order valence-corrected chi connectivity index (χ3v) is 3.71. The van der Waals surface area contributed by atoms with E-state index in [2.05, 4.69) is 0 Å². The van der Waals surface area contributed by atoms with Crippen LogP contribution in [0.3, 0.4) is 0 Å². The highest BCUT2D eigenvalue weighted by Crippen LogP contribution is 2.31. The molecule has 0 radical (unpaired) electrons. The van der Waals surface area contributed by atoms with Crippen molar-refractivity contribution < 1.29 is 23.7 Å². The van der Waals surface area contributed by atoms with Crippen molar-refractivity contribution in [2.75, 3.05) is 28.4 Å². The Balaban J connectivity index is 2.28. The molecule has 0 unspecified atom stereocenters. The SMILES string of the molecule is COCc1cc(C(=O)/C=C/c2cccc(OC)c2OC)ccc1OC. The summed E-state index contributed by atoms with van der Waals surface area (Å²) in [5.74, 6) is 1.77. The normalized spacial score (nSPS) is 10.7. The van der Waals surface area contributed by atoms with Gasteiger partial charge in [0.15, 0.2) is 17.3 Å². The second-order valence-corrected chi connectivity index (χ2v) is 5.24. The van der Waals surface area contributed by atoms with Crippen molar-refractivity contribution in [2.24, 2.45) is 0 Å². The molecule has 0 bridgehead atoms. The van der Waals surface area contributed by atoms with Gasteiger partial charge in [-0.05, 0) is 36.4 Å². The molecule has 0 spiro atoms. The van der Waals surface area contributed by atoms with E-state index in [4.69, 9.17) is 18.9 Å². The van der Waals surface area contributed by atoms with Gasteiger partial charge in [-0.1, -0.05) is 12.1 Å². The molecule has 0 aliphatic carbocycles. The van der Waals surface area contributed by atoms with Crippen LogP contribution in [0.5, 0.6) is 17.2 Å². The molecule has 25 heavy (non-hydrogen) atoms. The van der Waals surface area contributed by atoms with Gasteiger partial charge >= 0.3 is 0 Å². The highest BCUT2D eigenvalue weighted by molar-refractivity contribution is 6.07. The summed E-state index contributed by atoms with van der Waals surface area (Å²) in [4.78, 5) is 12.5. The molecule has 0 saturated carbocycles. The molecule has 0 saturated heterocycles. The van der Waals surface area contributed by atoms with Crippen molar-refractivity contribution in [3.05, 3.63) is 59.2 Å². The second kappa shape index (κ2) is 8.89. The molecule has 0 aliphatic rings. The average Bonchev–Trinajstić information content (AvgIpc) is 2.65. The highest BCUT2D eigenvalue weighted by atomic mass is 16.5. The smallest absolute Gasteiger partial charge is 0.185 e. The summed E-state index contributed by atoms with van der Waals surface area (Å²) >= 11 is 0. The zero-order chi connectivity index (χ0) is 18.2. The first kappa shape index (κ1) is 18.5. The number of ether oxygens (including phenoxy) is 4. The summed E-state index contributed by atoms with van der Waals surface area (Å²) in [5, 5.41) is 0. The summed E-state index contributed by atoms with van der Waals surface area (Å²) in [7, 11) is 6.33. The molecule has 2 aromatic rings. The number of hydrogen-bond acceptors (Lipinski definition) is 5. The number of carbonyl (C=O) groups excluding carboxylic acids is 1. The minimum Gasteiger partial charge on any atom is -0.496 e. The fraction of sp³-hybridized carbons (Fsp3) is 0.250. The van der Waals surface area contributed by atoms with Gasteiger partial charge in [-0.3, -0.25) is 4.79 Å². The van der Waals surface area contributed by atoms with Crippen molar-refractivity contribution in [2.45, 2.75) is 6.61 Å². The maximum absolute atomic E-state index is 12.5. The van der Waals surface area contributed by atoms with Gasteiger partial charge in [0.1, 0.15) is 5.75 Å². The fourth-order valence-electron chi connectivity index (χ4n) is 2.51. The summed E-state index contributed by atoms with van der Waals surface area (Å²) in [6.07, 6.45) is 3.22. The number of allylic oxidation sites excluding steroid dienone is 1. The molecule has 2 rings (SSSR count). The number of rotatable bonds is 8. The van der Waals surface area contributed by atoms with Crippen molar-refractivity contribution in [1.82, 2.24) is 0 Å². The lowest BCUT2D eigenvalue weighted by Crippen LogP contribution is -2.00. The van der Waals surface area contributed by atoms with E-state index in [-0.39, 0.29) is 5.78 Å². The number of carbonyl (C=O) groups is 1. The minimum absolute atomic E-state index is 0.120. The predicted molar refractivity (Wildman–Crippen MR) is 96.6 cm³/mol. The van der Waals surface area contributed by atoms with Gasteiger partial charge in [-0.15, -0.1) is 0 Å². The second-order valence-electron chi connectivity index (χ2n) is 5.24. The van der Waals surface area contributed by atoms with Crippen LogP contribution < -0.4 is 14.2 Å². The lowest BCUT2D eigenvalue weighted by Gasteiger charge is -2.10. The van der Waals surface area contributed by atoms with Gasteiger partial charge in [-0.25, -0.2) is 0 Å². The molecule has 5 heteroatoms. The summed E-state index contributed by atoms with van der Waals surface area (Å²) in [6.45, 7) is 0.373. The number of benzene rings is 2. The van der Waals surface area contributed by atoms with E-state index in [0.29, 0.717) is 29.4 Å². The number of hydrogen-bond donors (Lipinski definition) is 0. The third kappa shape index (κ3) is 4.39. The Morgan fingerprint density at radius 3 is 2.36 bits per heavy atom. The van der Waals surface area contributed by atoms with Gasteiger partial charge in [-0.2, -0.15) is 0 Å². The largest absolute Gasteiger partial charge is 0.496 e. The number of methoxy groups -OCH3 is 4. The van der Waals surface area contributed by atoms with Crippen molar-refractivity contribution in [3.63, 3.8) is 0 Å². The lowest BCUT2D eigenvalue weighted by atomic mass is 10.0. The molecule has 0 aromatic heterocycles. The lowest BCUT2D eigenvalue weighted by molar-refractivity contribution is 0.104. The standard InChI is InChI=1S/C20H22O5/c1-22-13-16-12-15(9-11-18(16)23-2)17(21)10-8-14-6-5-7-19(24-3)20(14)25-4/h5-12H,13H2,1-4H3/b10-8+. The Bertz CT molecular complexity index is 765. The first-order valence-electron chi connectivity index (χ1n) is 7.73. The van der Waals surface area contributed by atoms with Gasteiger partial charge in [0.2, 0.25) is 0 Å². The molecule has 0 fully saturated rings. The van der Waals surface area contributed by atoms with E-state index in [0.717, 1.165) is 11.1 Å². The van der Waals surface area contributed by atoms with Crippen LogP contribution in [0.2, 0.25) is 0 Å². The quantitative estimate of drug-likeness (QED) is 0.540. The van der Waals surface area contributed by atoms with E-state index in [1.165, 1.54) is 6.08 Å². The third-order valence-electron chi connectivity index (χ3n) is 3.71. The molecule has 0 heterocycles. The molecule has 132 valence electrons. The first-order chi connectivity index (χ1) is 12.1. The van der Waals surface area contributed by atoms with E-state index in [9.17, 15) is 4.79 Å². The van der Waals surface area contributed by atoms with Crippen LogP contribution in [0, 0.1) is 0 Å². The van der Waals surface area contributed by atoms with Crippen molar-refractivity contribution in [3.8, 4) is 17.2 Å². The Morgan fingerprint density at radius 1 is 0.960 bits per heavy atom. The Hall–Kier alpha value is -2.79. The topological polar surface area (TPSA) is 54.0 Å². The molecule has 2 aromatic carbocycles. The number of para-hydroxylation sites is 1. The van der Waals surface area contributed by atoms with Crippen LogP contribution in [0.1, 0.15) is 21.5 Å². The zero-order valence-electron chi connectivity index (χ0n) is 14.9. The van der Waals surface area contributed by atoms with E-state index in [1.54, 1.807) is 58.8 Å². The Labute approximate surface area is 147 Å². The van der Waals surface area contributed by atoms with Gasteiger partial charge < -0.3 is 18.9 Å². The summed E-state index contributed by atoms with van der Waals surface area (Å²) in [6, 6.07) is 10.8. The van der Waals surface area contributed by atoms with Crippen LogP contribution in [-0.4, -0.2) is 34.2 Å². The molecule has 0 N–H and O–H groups in total. The maximum Gasteiger partial charge on any atom is 0.185 e. The van der Waals surface area contributed by atoms with Crippen molar-refractivity contribution in [1.29, 1.82) is 0 Å². The van der Waals surface area contributed by atoms with Gasteiger partial charge in [0, 0.05) is 23.8 Å². The van der Waals surface area contributed by atoms with Crippen LogP contribution in [-0.2, 0) is 11.3 Å². The molecule has 0 aliphatic heterocycles. The van der Waals surface area contributed by atoms with Crippen molar-refractivity contribution >= 4 is 11.9 Å². The highest BCUT2D eigenvalue weighted by Gasteiger charge is 2.10. The molecule has 5 nitrogen and oxygen atoms in total. The first-order valence-corrected chi connectivity index (χ1v) is 7.73. The molecule has 0 amide bonds. The van der Waals surface area contributed by atoms with E-state index in [1.807, 2.05) is 12.1 Å². The molecule has 0 atom stereocenters. The monoisotopic (exact) mass is 342 g/mol. The van der Waals surface area contributed by atoms with Crippen LogP contribution in [0.4, 0.5) is 0 Å². The number of ketones is 1. The average molecular weight is 342 g/mol. The van der Waals surface area contributed by atoms with E-state index >= 15 is 0 Å². The predicted octanol–water partition coefficient (Wildman–Crippen LogP) is 3.75. The van der Waals surface area contributed by atoms with Gasteiger partial charge in [0.05, 0.1) is 27.9 Å². The van der Waals surface area contributed by atoms with Crippen LogP contribution >= 0.6 is 0 Å². The zero-order valence-corrected chi connectivity index (χ0v) is 14.9. The van der Waals surface area contributed by atoms with Crippen LogP contribution in [0.25, 0.3) is 6.08 Å². The summed E-state index contributed by atoms with van der Waals surface area (Å²) in [5.41, 5.74) is 2.15. The van der Waals surface area contributed by atoms with Gasteiger partial charge in [0.25, 0.3) is 0 Å². The maximum atomic E-state index is 12.5. The summed E-state index contributed by atoms with van der Waals surface area (Å²) < 4.78 is 21.1.